The average molecular weight is 260 g/mol. The number of carbonyl (C=O) groups excluding carboxylic acids is 1. The second kappa shape index (κ2) is 5.62. The molecule has 0 saturated heterocycles. The lowest BCUT2D eigenvalue weighted by Crippen LogP contribution is -2.30. The maximum absolute atomic E-state index is 11.7. The van der Waals surface area contributed by atoms with Gasteiger partial charge in [0.25, 0.3) is 5.91 Å². The number of nitrogens with one attached hydrogen (secondary N) is 1. The van der Waals surface area contributed by atoms with E-state index in [-0.39, 0.29) is 18.1 Å². The fourth-order valence-electron chi connectivity index (χ4n) is 1.52. The van der Waals surface area contributed by atoms with E-state index in [1.54, 1.807) is 13.1 Å². The lowest BCUT2D eigenvalue weighted by molar-refractivity contribution is 0.0919. The second-order valence-corrected chi connectivity index (χ2v) is 4.44. The van der Waals surface area contributed by atoms with E-state index >= 15 is 0 Å². The SMILES string of the molecule is Cc1ccc(-n2cc(C(=O)NCC(C)O)nn2)cc1. The molecule has 2 rings (SSSR count). The number of hydrogen-bond donors (Lipinski definition) is 2. The van der Waals surface area contributed by atoms with Crippen LogP contribution in [-0.4, -0.2) is 38.7 Å². The standard InChI is InChI=1S/C13H16N4O2/c1-9-3-5-11(6-4-9)17-8-12(15-16-17)13(19)14-7-10(2)18/h3-6,8,10,18H,7H2,1-2H3,(H,14,19). The van der Waals surface area contributed by atoms with Crippen molar-refractivity contribution in [2.45, 2.75) is 20.0 Å². The van der Waals surface area contributed by atoms with Crippen LogP contribution < -0.4 is 5.32 Å². The normalized spacial score (nSPS) is 12.2. The molecule has 1 amide bonds. The third-order valence-electron chi connectivity index (χ3n) is 2.58. The topological polar surface area (TPSA) is 80.0 Å². The van der Waals surface area contributed by atoms with Gasteiger partial charge in [-0.15, -0.1) is 5.10 Å². The van der Waals surface area contributed by atoms with Crippen molar-refractivity contribution < 1.29 is 9.90 Å². The molecule has 0 spiro atoms. The van der Waals surface area contributed by atoms with Crippen molar-refractivity contribution in [1.29, 1.82) is 0 Å². The number of aromatic nitrogens is 3. The summed E-state index contributed by atoms with van der Waals surface area (Å²) in [4.78, 5) is 11.7. The molecule has 0 aliphatic heterocycles. The zero-order valence-electron chi connectivity index (χ0n) is 10.9. The summed E-state index contributed by atoms with van der Waals surface area (Å²) in [5.74, 6) is -0.348. The minimum Gasteiger partial charge on any atom is -0.392 e. The van der Waals surface area contributed by atoms with Crippen molar-refractivity contribution in [1.82, 2.24) is 20.3 Å². The number of aliphatic hydroxyl groups is 1. The van der Waals surface area contributed by atoms with Crippen molar-refractivity contribution in [3.05, 3.63) is 41.7 Å². The Morgan fingerprint density at radius 1 is 1.42 bits per heavy atom. The van der Waals surface area contributed by atoms with Gasteiger partial charge < -0.3 is 10.4 Å². The van der Waals surface area contributed by atoms with Gasteiger partial charge in [-0.05, 0) is 26.0 Å². The summed E-state index contributed by atoms with van der Waals surface area (Å²) >= 11 is 0. The zero-order chi connectivity index (χ0) is 13.8. The molecule has 6 heteroatoms. The number of nitrogens with zero attached hydrogens (tertiary/aromatic N) is 3. The summed E-state index contributed by atoms with van der Waals surface area (Å²) in [5.41, 5.74) is 2.22. The summed E-state index contributed by atoms with van der Waals surface area (Å²) in [7, 11) is 0. The molecule has 0 radical (unpaired) electrons. The first-order valence-electron chi connectivity index (χ1n) is 6.02. The van der Waals surface area contributed by atoms with Gasteiger partial charge in [0.15, 0.2) is 5.69 Å². The zero-order valence-corrected chi connectivity index (χ0v) is 10.9. The largest absolute Gasteiger partial charge is 0.392 e. The van der Waals surface area contributed by atoms with Crippen molar-refractivity contribution in [2.75, 3.05) is 6.54 Å². The highest BCUT2D eigenvalue weighted by molar-refractivity contribution is 5.91. The van der Waals surface area contributed by atoms with Crippen LogP contribution in [0.5, 0.6) is 0 Å². The van der Waals surface area contributed by atoms with Crippen LogP contribution in [0.4, 0.5) is 0 Å². The molecule has 0 bridgehead atoms. The fraction of sp³-hybridized carbons (Fsp3) is 0.308. The molecule has 1 aromatic heterocycles. The number of aryl methyl sites for hydroxylation is 1. The Hall–Kier alpha value is -2.21. The monoisotopic (exact) mass is 260 g/mol. The van der Waals surface area contributed by atoms with Crippen molar-refractivity contribution in [2.24, 2.45) is 0 Å². The number of hydrogen-bond acceptors (Lipinski definition) is 4. The highest BCUT2D eigenvalue weighted by atomic mass is 16.3. The van der Waals surface area contributed by atoms with E-state index in [0.29, 0.717) is 0 Å². The van der Waals surface area contributed by atoms with Gasteiger partial charge in [0.05, 0.1) is 18.0 Å². The summed E-state index contributed by atoms with van der Waals surface area (Å²) in [6.45, 7) is 3.79. The van der Waals surface area contributed by atoms with E-state index in [1.807, 2.05) is 31.2 Å². The number of amides is 1. The Labute approximate surface area is 111 Å². The molecule has 1 heterocycles. The molecular weight excluding hydrogens is 244 g/mol. The van der Waals surface area contributed by atoms with E-state index in [1.165, 1.54) is 4.68 Å². The van der Waals surface area contributed by atoms with Gasteiger partial charge in [-0.25, -0.2) is 4.68 Å². The molecule has 1 unspecified atom stereocenters. The first kappa shape index (κ1) is 13.2. The fourth-order valence-corrected chi connectivity index (χ4v) is 1.52. The molecule has 19 heavy (non-hydrogen) atoms. The Morgan fingerprint density at radius 3 is 2.74 bits per heavy atom. The first-order valence-corrected chi connectivity index (χ1v) is 6.02. The first-order chi connectivity index (χ1) is 9.06. The molecular formula is C13H16N4O2. The summed E-state index contributed by atoms with van der Waals surface area (Å²) in [6.07, 6.45) is 0.971. The van der Waals surface area contributed by atoms with Gasteiger partial charge in [-0.1, -0.05) is 22.9 Å². The smallest absolute Gasteiger partial charge is 0.273 e. The molecule has 0 saturated carbocycles. The van der Waals surface area contributed by atoms with Crippen LogP contribution in [0.1, 0.15) is 23.0 Å². The lowest BCUT2D eigenvalue weighted by atomic mass is 10.2. The van der Waals surface area contributed by atoms with Crippen LogP contribution in [0.15, 0.2) is 30.5 Å². The molecule has 6 nitrogen and oxygen atoms in total. The maximum Gasteiger partial charge on any atom is 0.273 e. The number of aliphatic hydroxyl groups excluding tert-OH is 1. The summed E-state index contributed by atoms with van der Waals surface area (Å²) < 4.78 is 1.54. The van der Waals surface area contributed by atoms with Crippen LogP contribution in [0.25, 0.3) is 5.69 Å². The molecule has 1 aromatic carbocycles. The highest BCUT2D eigenvalue weighted by Crippen LogP contribution is 2.08. The molecule has 2 N–H and O–H groups in total. The lowest BCUT2D eigenvalue weighted by Gasteiger charge is -2.04. The third kappa shape index (κ3) is 3.38. The van der Waals surface area contributed by atoms with Gasteiger partial charge >= 0.3 is 0 Å². The average Bonchev–Trinajstić information content (AvgIpc) is 2.86. The van der Waals surface area contributed by atoms with Crippen LogP contribution >= 0.6 is 0 Å². The molecule has 0 fully saturated rings. The highest BCUT2D eigenvalue weighted by Gasteiger charge is 2.11. The Bertz CT molecular complexity index is 560. The Morgan fingerprint density at radius 2 is 2.11 bits per heavy atom. The molecule has 0 aliphatic rings. The Balaban J connectivity index is 2.10. The van der Waals surface area contributed by atoms with Crippen LogP contribution in [0.3, 0.4) is 0 Å². The van der Waals surface area contributed by atoms with Crippen LogP contribution in [-0.2, 0) is 0 Å². The van der Waals surface area contributed by atoms with Gasteiger partial charge in [-0.2, -0.15) is 0 Å². The molecule has 1 atom stereocenters. The summed E-state index contributed by atoms with van der Waals surface area (Å²) in [5, 5.41) is 19.4. The Kier molecular flexibility index (Phi) is 3.91. The van der Waals surface area contributed by atoms with E-state index in [9.17, 15) is 4.79 Å². The predicted molar refractivity (Wildman–Crippen MR) is 70.1 cm³/mol. The van der Waals surface area contributed by atoms with E-state index in [2.05, 4.69) is 15.6 Å². The van der Waals surface area contributed by atoms with E-state index < -0.39 is 6.10 Å². The minimum absolute atomic E-state index is 0.191. The van der Waals surface area contributed by atoms with Crippen molar-refractivity contribution >= 4 is 5.91 Å². The second-order valence-electron chi connectivity index (χ2n) is 4.44. The van der Waals surface area contributed by atoms with E-state index in [0.717, 1.165) is 11.3 Å². The summed E-state index contributed by atoms with van der Waals surface area (Å²) in [6, 6.07) is 7.73. The number of rotatable bonds is 4. The quantitative estimate of drug-likeness (QED) is 0.847. The molecule has 2 aromatic rings. The molecule has 0 aliphatic carbocycles. The number of benzene rings is 1. The van der Waals surface area contributed by atoms with Crippen LogP contribution in [0, 0.1) is 6.92 Å². The number of carbonyl (C=O) groups is 1. The van der Waals surface area contributed by atoms with Gasteiger partial charge in [-0.3, -0.25) is 4.79 Å². The van der Waals surface area contributed by atoms with Gasteiger partial charge in [0.1, 0.15) is 0 Å². The van der Waals surface area contributed by atoms with Crippen molar-refractivity contribution in [3.63, 3.8) is 0 Å². The minimum atomic E-state index is -0.587. The van der Waals surface area contributed by atoms with Crippen molar-refractivity contribution in [3.8, 4) is 5.69 Å². The third-order valence-corrected chi connectivity index (χ3v) is 2.58. The maximum atomic E-state index is 11.7. The van der Waals surface area contributed by atoms with Gasteiger partial charge in [0.2, 0.25) is 0 Å². The van der Waals surface area contributed by atoms with E-state index in [4.69, 9.17) is 5.11 Å². The molecule has 100 valence electrons. The van der Waals surface area contributed by atoms with Gasteiger partial charge in [0, 0.05) is 6.54 Å². The predicted octanol–water partition coefficient (Wildman–Crippen LogP) is 0.686. The van der Waals surface area contributed by atoms with Crippen LogP contribution in [0.2, 0.25) is 0 Å².